The Balaban J connectivity index is 1.51. The van der Waals surface area contributed by atoms with E-state index in [1.54, 1.807) is 11.3 Å². The van der Waals surface area contributed by atoms with Gasteiger partial charge in [-0.05, 0) is 41.5 Å². The Labute approximate surface area is 167 Å². The number of hydrogen-bond donors (Lipinski definition) is 2. The quantitative estimate of drug-likeness (QED) is 0.391. The lowest BCUT2D eigenvalue weighted by Crippen LogP contribution is -2.02. The summed E-state index contributed by atoms with van der Waals surface area (Å²) in [5.74, 6) is 0. The summed E-state index contributed by atoms with van der Waals surface area (Å²) in [6.45, 7) is 0.738. The second kappa shape index (κ2) is 7.82. The van der Waals surface area contributed by atoms with Crippen molar-refractivity contribution in [2.75, 3.05) is 11.1 Å². The predicted molar refractivity (Wildman–Crippen MR) is 116 cm³/mol. The monoisotopic (exact) mass is 391 g/mol. The molecule has 0 saturated heterocycles. The number of aromatic nitrogens is 1. The molecule has 1 aromatic heterocycles. The lowest BCUT2D eigenvalue weighted by Gasteiger charge is -2.10. The van der Waals surface area contributed by atoms with Gasteiger partial charge in [0.1, 0.15) is 5.01 Å². The first-order valence-corrected chi connectivity index (χ1v) is 9.78. The Kier molecular flexibility index (Phi) is 5.10. The summed E-state index contributed by atoms with van der Waals surface area (Å²) < 4.78 is 0. The van der Waals surface area contributed by atoms with E-state index in [-0.39, 0.29) is 0 Å². The minimum absolute atomic E-state index is 0.715. The average Bonchev–Trinajstić information content (AvgIpc) is 3.18. The highest BCUT2D eigenvalue weighted by Gasteiger charge is 2.09. The maximum absolute atomic E-state index is 6.26. The third-order valence-electron chi connectivity index (χ3n) is 4.26. The molecule has 134 valence electrons. The molecule has 3 aromatic carbocycles. The van der Waals surface area contributed by atoms with Crippen molar-refractivity contribution in [3.63, 3.8) is 0 Å². The lowest BCUT2D eigenvalue weighted by molar-refractivity contribution is 1.15. The molecule has 4 aromatic rings. The molecular formula is C22H18ClN3S. The first-order valence-electron chi connectivity index (χ1n) is 8.58. The molecule has 0 radical (unpaired) electrons. The van der Waals surface area contributed by atoms with Crippen LogP contribution in [0, 0.1) is 0 Å². The molecule has 0 aliphatic rings. The largest absolute Gasteiger partial charge is 0.397 e. The first-order chi connectivity index (χ1) is 13.2. The van der Waals surface area contributed by atoms with Gasteiger partial charge in [-0.1, -0.05) is 54.1 Å². The van der Waals surface area contributed by atoms with Gasteiger partial charge in [0.25, 0.3) is 0 Å². The molecule has 0 aliphatic carbocycles. The van der Waals surface area contributed by atoms with Crippen LogP contribution < -0.4 is 11.1 Å². The van der Waals surface area contributed by atoms with E-state index < -0.39 is 0 Å². The fourth-order valence-electron chi connectivity index (χ4n) is 2.81. The van der Waals surface area contributed by atoms with E-state index in [2.05, 4.69) is 22.4 Å². The molecule has 5 heteroatoms. The first kappa shape index (κ1) is 17.6. The third-order valence-corrected chi connectivity index (χ3v) is 5.61. The van der Waals surface area contributed by atoms with Gasteiger partial charge in [0, 0.05) is 23.3 Å². The Morgan fingerprint density at radius 2 is 1.67 bits per heavy atom. The smallest absolute Gasteiger partial charge is 0.123 e. The van der Waals surface area contributed by atoms with Gasteiger partial charge in [0.2, 0.25) is 0 Å². The van der Waals surface area contributed by atoms with Crippen LogP contribution in [-0.4, -0.2) is 4.98 Å². The number of halogens is 1. The van der Waals surface area contributed by atoms with Gasteiger partial charge in [0.15, 0.2) is 0 Å². The zero-order valence-corrected chi connectivity index (χ0v) is 16.1. The third kappa shape index (κ3) is 4.13. The Morgan fingerprint density at radius 3 is 2.41 bits per heavy atom. The molecule has 0 fully saturated rings. The average molecular weight is 392 g/mol. The lowest BCUT2D eigenvalue weighted by atomic mass is 10.1. The number of hydrogen-bond acceptors (Lipinski definition) is 4. The number of nitrogens with zero attached hydrogens (tertiary/aromatic N) is 1. The van der Waals surface area contributed by atoms with Crippen LogP contribution in [0.3, 0.4) is 0 Å². The molecule has 1 heterocycles. The Morgan fingerprint density at radius 1 is 0.926 bits per heavy atom. The van der Waals surface area contributed by atoms with Crippen LogP contribution in [0.15, 0.2) is 79.0 Å². The summed E-state index contributed by atoms with van der Waals surface area (Å²) in [5, 5.41) is 5.07. The van der Waals surface area contributed by atoms with Crippen molar-refractivity contribution in [1.29, 1.82) is 0 Å². The zero-order valence-electron chi connectivity index (χ0n) is 14.5. The molecule has 0 bridgehead atoms. The van der Waals surface area contributed by atoms with Gasteiger partial charge in [-0.25, -0.2) is 4.98 Å². The summed E-state index contributed by atoms with van der Waals surface area (Å²) in [5.41, 5.74) is 11.2. The zero-order chi connectivity index (χ0) is 18.6. The fourth-order valence-corrected chi connectivity index (χ4v) is 3.85. The van der Waals surface area contributed by atoms with Crippen LogP contribution in [0.5, 0.6) is 0 Å². The number of rotatable bonds is 5. The normalized spacial score (nSPS) is 10.7. The molecule has 3 nitrogen and oxygen atoms in total. The highest BCUT2D eigenvalue weighted by Crippen LogP contribution is 2.34. The Bertz CT molecular complexity index is 1040. The molecule has 0 saturated carbocycles. The van der Waals surface area contributed by atoms with E-state index in [0.717, 1.165) is 38.3 Å². The van der Waals surface area contributed by atoms with Crippen molar-refractivity contribution in [2.24, 2.45) is 0 Å². The fraction of sp³-hybridized carbons (Fsp3) is 0.0455. The van der Waals surface area contributed by atoms with Crippen molar-refractivity contribution < 1.29 is 0 Å². The maximum atomic E-state index is 6.26. The second-order valence-corrected chi connectivity index (χ2v) is 7.64. The predicted octanol–water partition coefficient (Wildman–Crippen LogP) is 6.32. The van der Waals surface area contributed by atoms with Gasteiger partial charge < -0.3 is 11.1 Å². The number of thiazole rings is 1. The SMILES string of the molecule is Nc1cc(-c2ncc(-c3ccc(Cl)cc3)s2)ccc1NCc1ccccc1. The molecule has 0 atom stereocenters. The maximum Gasteiger partial charge on any atom is 0.123 e. The molecule has 0 amide bonds. The van der Waals surface area contributed by atoms with Crippen molar-refractivity contribution in [2.45, 2.75) is 6.54 Å². The second-order valence-electron chi connectivity index (χ2n) is 6.18. The number of nitrogens with one attached hydrogen (secondary N) is 1. The van der Waals surface area contributed by atoms with Crippen molar-refractivity contribution in [1.82, 2.24) is 4.98 Å². The summed E-state index contributed by atoms with van der Waals surface area (Å²) in [6, 6.07) is 24.1. The molecular weight excluding hydrogens is 374 g/mol. The van der Waals surface area contributed by atoms with Gasteiger partial charge >= 0.3 is 0 Å². The molecule has 0 aliphatic heterocycles. The summed E-state index contributed by atoms with van der Waals surface area (Å²) >= 11 is 7.60. The van der Waals surface area contributed by atoms with Gasteiger partial charge in [0.05, 0.1) is 16.3 Å². The minimum atomic E-state index is 0.715. The van der Waals surface area contributed by atoms with Crippen LogP contribution in [0.1, 0.15) is 5.56 Å². The van der Waals surface area contributed by atoms with E-state index in [0.29, 0.717) is 5.69 Å². The minimum Gasteiger partial charge on any atom is -0.397 e. The molecule has 0 spiro atoms. The summed E-state index contributed by atoms with van der Waals surface area (Å²) in [4.78, 5) is 5.66. The topological polar surface area (TPSA) is 50.9 Å². The number of nitrogens with two attached hydrogens (primary N) is 1. The van der Waals surface area contributed by atoms with Crippen LogP contribution in [-0.2, 0) is 6.54 Å². The summed E-state index contributed by atoms with van der Waals surface area (Å²) in [6.07, 6.45) is 1.89. The van der Waals surface area contributed by atoms with Crippen molar-refractivity contribution >= 4 is 34.3 Å². The molecule has 3 N–H and O–H groups in total. The number of benzene rings is 3. The van der Waals surface area contributed by atoms with Crippen LogP contribution >= 0.6 is 22.9 Å². The van der Waals surface area contributed by atoms with E-state index in [1.807, 2.05) is 66.9 Å². The van der Waals surface area contributed by atoms with Crippen molar-refractivity contribution in [3.05, 3.63) is 89.6 Å². The van der Waals surface area contributed by atoms with Gasteiger partial charge in [-0.2, -0.15) is 0 Å². The van der Waals surface area contributed by atoms with Crippen LogP contribution in [0.2, 0.25) is 5.02 Å². The number of anilines is 2. The van der Waals surface area contributed by atoms with Gasteiger partial charge in [-0.15, -0.1) is 11.3 Å². The van der Waals surface area contributed by atoms with Crippen LogP contribution in [0.4, 0.5) is 11.4 Å². The highest BCUT2D eigenvalue weighted by atomic mass is 35.5. The van der Waals surface area contributed by atoms with E-state index in [1.165, 1.54) is 5.56 Å². The number of nitrogen functional groups attached to an aromatic ring is 1. The van der Waals surface area contributed by atoms with E-state index >= 15 is 0 Å². The van der Waals surface area contributed by atoms with Crippen LogP contribution in [0.25, 0.3) is 21.0 Å². The van der Waals surface area contributed by atoms with Crippen molar-refractivity contribution in [3.8, 4) is 21.0 Å². The molecule has 0 unspecified atom stereocenters. The Hall–Kier alpha value is -2.82. The summed E-state index contributed by atoms with van der Waals surface area (Å²) in [7, 11) is 0. The standard InChI is InChI=1S/C22H18ClN3S/c23-18-9-6-16(7-10-18)21-14-26-22(27-21)17-8-11-20(19(24)12-17)25-13-15-4-2-1-3-5-15/h1-12,14,25H,13,24H2. The molecule has 4 rings (SSSR count). The van der Waals surface area contributed by atoms with E-state index in [9.17, 15) is 0 Å². The molecule has 27 heavy (non-hydrogen) atoms. The van der Waals surface area contributed by atoms with Gasteiger partial charge in [-0.3, -0.25) is 0 Å². The van der Waals surface area contributed by atoms with E-state index in [4.69, 9.17) is 17.3 Å². The highest BCUT2D eigenvalue weighted by molar-refractivity contribution is 7.18.